The highest BCUT2D eigenvalue weighted by atomic mass is 32.1. The maximum atomic E-state index is 12.9. The number of nitrogens with zero attached hydrogens (tertiary/aromatic N) is 3. The van der Waals surface area contributed by atoms with E-state index in [1.54, 1.807) is 17.5 Å². The molecule has 3 aromatic heterocycles. The summed E-state index contributed by atoms with van der Waals surface area (Å²) in [4.78, 5) is 37.0. The number of unbranched alkanes of at least 4 members (excludes halogenated alkanes) is 2. The lowest BCUT2D eigenvalue weighted by atomic mass is 9.91. The summed E-state index contributed by atoms with van der Waals surface area (Å²) in [5, 5.41) is 3.88. The Morgan fingerprint density at radius 3 is 2.66 bits per heavy atom. The van der Waals surface area contributed by atoms with Gasteiger partial charge < -0.3 is 4.90 Å². The van der Waals surface area contributed by atoms with Crippen molar-refractivity contribution in [2.75, 3.05) is 13.1 Å². The predicted octanol–water partition coefficient (Wildman–Crippen LogP) is 7.11. The number of hydrogen-bond donors (Lipinski definition) is 0. The van der Waals surface area contributed by atoms with Crippen molar-refractivity contribution in [2.24, 2.45) is 5.92 Å². The number of Topliss-reactive ketones (excluding diaryl/α,β-unsaturated/α-hetero) is 1. The van der Waals surface area contributed by atoms with Gasteiger partial charge in [0.1, 0.15) is 10.7 Å². The van der Waals surface area contributed by atoms with Crippen molar-refractivity contribution in [3.8, 4) is 10.6 Å². The van der Waals surface area contributed by atoms with Crippen LogP contribution < -0.4 is 0 Å². The molecule has 4 aromatic rings. The first-order valence-electron chi connectivity index (χ1n) is 12.3. The molecular weight excluding hydrogens is 474 g/mol. The molecule has 0 N–H and O–H groups in total. The summed E-state index contributed by atoms with van der Waals surface area (Å²) in [6, 6.07) is 14.0. The molecule has 4 heterocycles. The number of ketones is 1. The van der Waals surface area contributed by atoms with Crippen molar-refractivity contribution < 1.29 is 9.59 Å². The van der Waals surface area contributed by atoms with Gasteiger partial charge in [-0.3, -0.25) is 14.6 Å². The predicted molar refractivity (Wildman–Crippen MR) is 143 cm³/mol. The van der Waals surface area contributed by atoms with E-state index in [9.17, 15) is 9.59 Å². The van der Waals surface area contributed by atoms with Gasteiger partial charge in [0.05, 0.1) is 9.58 Å². The topological polar surface area (TPSA) is 63.2 Å². The molecule has 0 aliphatic carbocycles. The number of fused-ring (bicyclic) bond motifs is 1. The summed E-state index contributed by atoms with van der Waals surface area (Å²) >= 11 is 3.07. The average molecular weight is 504 g/mol. The van der Waals surface area contributed by atoms with E-state index in [0.29, 0.717) is 18.0 Å². The Morgan fingerprint density at radius 1 is 1.03 bits per heavy atom. The van der Waals surface area contributed by atoms with E-state index in [-0.39, 0.29) is 11.7 Å². The maximum Gasteiger partial charge on any atom is 0.273 e. The zero-order valence-electron chi connectivity index (χ0n) is 19.7. The fourth-order valence-electron chi connectivity index (χ4n) is 4.71. The molecular formula is C28H29N3O2S2. The zero-order valence-corrected chi connectivity index (χ0v) is 21.3. The minimum absolute atomic E-state index is 0.0532. The molecule has 0 radical (unpaired) electrons. The van der Waals surface area contributed by atoms with Crippen LogP contribution in [0.25, 0.3) is 20.7 Å². The average Bonchev–Trinajstić information content (AvgIpc) is 3.57. The number of thiazole rings is 1. The zero-order chi connectivity index (χ0) is 24.0. The van der Waals surface area contributed by atoms with Crippen LogP contribution in [0, 0.1) is 5.92 Å². The summed E-state index contributed by atoms with van der Waals surface area (Å²) in [5.41, 5.74) is 1.62. The molecule has 1 amide bonds. The second-order valence-corrected chi connectivity index (χ2v) is 11.1. The molecule has 5 nitrogen and oxygen atoms in total. The second-order valence-electron chi connectivity index (χ2n) is 9.19. The lowest BCUT2D eigenvalue weighted by molar-refractivity contribution is 0.0680. The highest BCUT2D eigenvalue weighted by Crippen LogP contribution is 2.28. The number of thiophene rings is 1. The lowest BCUT2D eigenvalue weighted by Crippen LogP contribution is -2.38. The van der Waals surface area contributed by atoms with Crippen molar-refractivity contribution >= 4 is 44.5 Å². The van der Waals surface area contributed by atoms with E-state index in [0.717, 1.165) is 70.7 Å². The van der Waals surface area contributed by atoms with E-state index in [1.165, 1.54) is 17.8 Å². The lowest BCUT2D eigenvalue weighted by Gasteiger charge is -2.31. The van der Waals surface area contributed by atoms with Gasteiger partial charge >= 0.3 is 0 Å². The first-order valence-corrected chi connectivity index (χ1v) is 14.0. The van der Waals surface area contributed by atoms with Gasteiger partial charge in [0.2, 0.25) is 0 Å². The molecule has 0 bridgehead atoms. The SMILES string of the molecule is O=C(CCCCCC1CCN(C(=O)c2csc(-c3ccccc3)n2)CC1)c1cc2ccncc2s1. The van der Waals surface area contributed by atoms with Crippen LogP contribution in [0.2, 0.25) is 0 Å². The monoisotopic (exact) mass is 503 g/mol. The highest BCUT2D eigenvalue weighted by molar-refractivity contribution is 7.20. The summed E-state index contributed by atoms with van der Waals surface area (Å²) < 4.78 is 1.08. The van der Waals surface area contributed by atoms with Crippen LogP contribution in [0.4, 0.5) is 0 Å². The minimum atomic E-state index is 0.0532. The van der Waals surface area contributed by atoms with Gasteiger partial charge in [-0.25, -0.2) is 4.98 Å². The van der Waals surface area contributed by atoms with Crippen LogP contribution in [-0.2, 0) is 0 Å². The Balaban J connectivity index is 1.01. The van der Waals surface area contributed by atoms with Crippen molar-refractivity contribution in [3.63, 3.8) is 0 Å². The van der Waals surface area contributed by atoms with Crippen LogP contribution in [0.15, 0.2) is 60.2 Å². The van der Waals surface area contributed by atoms with Crippen molar-refractivity contribution in [1.29, 1.82) is 0 Å². The molecule has 180 valence electrons. The van der Waals surface area contributed by atoms with Gasteiger partial charge in [0.25, 0.3) is 5.91 Å². The van der Waals surface area contributed by atoms with Crippen LogP contribution in [0.1, 0.15) is 65.1 Å². The van der Waals surface area contributed by atoms with Gasteiger partial charge in [0.15, 0.2) is 5.78 Å². The number of piperidine rings is 1. The van der Waals surface area contributed by atoms with Crippen LogP contribution >= 0.6 is 22.7 Å². The summed E-state index contributed by atoms with van der Waals surface area (Å²) in [6.07, 6.45) is 10.7. The molecule has 5 rings (SSSR count). The number of pyridine rings is 1. The molecule has 0 saturated carbocycles. The molecule has 1 aliphatic rings. The van der Waals surface area contributed by atoms with Gasteiger partial charge in [-0.1, -0.05) is 49.6 Å². The Kier molecular flexibility index (Phi) is 7.64. The van der Waals surface area contributed by atoms with Crippen LogP contribution in [0.5, 0.6) is 0 Å². The largest absolute Gasteiger partial charge is 0.337 e. The number of benzene rings is 1. The quantitative estimate of drug-likeness (QED) is 0.180. The van der Waals surface area contributed by atoms with Gasteiger partial charge in [-0.05, 0) is 42.7 Å². The Labute approximate surface area is 213 Å². The Hall–Kier alpha value is -2.90. The smallest absolute Gasteiger partial charge is 0.273 e. The first-order chi connectivity index (χ1) is 17.2. The third-order valence-corrected chi connectivity index (χ3v) is 8.78. The highest BCUT2D eigenvalue weighted by Gasteiger charge is 2.25. The Bertz CT molecular complexity index is 1260. The molecule has 0 unspecified atom stereocenters. The first kappa shape index (κ1) is 23.8. The summed E-state index contributed by atoms with van der Waals surface area (Å²) in [5.74, 6) is 0.966. The van der Waals surface area contributed by atoms with Crippen molar-refractivity contribution in [2.45, 2.75) is 44.9 Å². The number of amides is 1. The van der Waals surface area contributed by atoms with Crippen LogP contribution in [0.3, 0.4) is 0 Å². The minimum Gasteiger partial charge on any atom is -0.337 e. The van der Waals surface area contributed by atoms with E-state index < -0.39 is 0 Å². The Morgan fingerprint density at radius 2 is 1.86 bits per heavy atom. The van der Waals surface area contributed by atoms with E-state index in [4.69, 9.17) is 0 Å². The van der Waals surface area contributed by atoms with Gasteiger partial charge in [0, 0.05) is 42.8 Å². The molecule has 35 heavy (non-hydrogen) atoms. The normalized spacial score (nSPS) is 14.5. The molecule has 1 fully saturated rings. The van der Waals surface area contributed by atoms with E-state index in [2.05, 4.69) is 9.97 Å². The summed E-state index contributed by atoms with van der Waals surface area (Å²) in [6.45, 7) is 1.61. The van der Waals surface area contributed by atoms with Crippen molar-refractivity contribution in [1.82, 2.24) is 14.9 Å². The number of likely N-dealkylation sites (tertiary alicyclic amines) is 1. The van der Waals surface area contributed by atoms with Gasteiger partial charge in [-0.2, -0.15) is 0 Å². The second kappa shape index (κ2) is 11.2. The molecule has 0 spiro atoms. The van der Waals surface area contributed by atoms with E-state index >= 15 is 0 Å². The number of aromatic nitrogens is 2. The fourth-order valence-corrected chi connectivity index (χ4v) is 6.51. The third kappa shape index (κ3) is 5.85. The number of carbonyl (C=O) groups is 2. The molecule has 7 heteroatoms. The molecule has 1 aromatic carbocycles. The van der Waals surface area contributed by atoms with Crippen molar-refractivity contribution in [3.05, 3.63) is 70.8 Å². The van der Waals surface area contributed by atoms with E-state index in [1.807, 2.05) is 58.9 Å². The maximum absolute atomic E-state index is 12.9. The number of hydrogen-bond acceptors (Lipinski definition) is 6. The van der Waals surface area contributed by atoms with Crippen LogP contribution in [-0.4, -0.2) is 39.6 Å². The number of rotatable bonds is 9. The third-order valence-electron chi connectivity index (χ3n) is 6.76. The molecule has 1 aliphatic heterocycles. The standard InChI is InChI=1S/C28H29N3O2S2/c32-24(25-17-22-11-14-29-18-26(22)35-25)10-6-1-3-7-20-12-15-31(16-13-20)28(33)23-19-34-27(30-23)21-8-4-2-5-9-21/h2,4-5,8-9,11,14,17-20H,1,3,6-7,10,12-13,15-16H2. The summed E-state index contributed by atoms with van der Waals surface area (Å²) in [7, 11) is 0. The van der Waals surface area contributed by atoms with Gasteiger partial charge in [-0.15, -0.1) is 22.7 Å². The molecule has 0 atom stereocenters. The molecule has 1 saturated heterocycles. The fraction of sp³-hybridized carbons (Fsp3) is 0.357. The number of carbonyl (C=O) groups excluding carboxylic acids is 2.